The Bertz CT molecular complexity index is 1140. The van der Waals surface area contributed by atoms with E-state index in [2.05, 4.69) is 10.2 Å². The summed E-state index contributed by atoms with van der Waals surface area (Å²) in [4.78, 5) is 14.4. The molecule has 0 unspecified atom stereocenters. The minimum Gasteiger partial charge on any atom is -0.370 e. The summed E-state index contributed by atoms with van der Waals surface area (Å²) >= 11 is 0. The summed E-state index contributed by atoms with van der Waals surface area (Å²) in [5, 5.41) is 3.64. The van der Waals surface area contributed by atoms with Crippen molar-refractivity contribution in [3.8, 4) is 5.69 Å². The maximum Gasteiger partial charge on any atom is 0.416 e. The topological polar surface area (TPSA) is 37.3 Å². The fourth-order valence-corrected chi connectivity index (χ4v) is 4.19. The number of aromatic nitrogens is 1. The number of hydrogen-bond acceptors (Lipinski definition) is 2. The predicted molar refractivity (Wildman–Crippen MR) is 114 cm³/mol. The number of alkyl halides is 3. The van der Waals surface area contributed by atoms with Crippen LogP contribution in [0.2, 0.25) is 0 Å². The zero-order valence-electron chi connectivity index (χ0n) is 17.2. The lowest BCUT2D eigenvalue weighted by Crippen LogP contribution is -2.54. The zero-order chi connectivity index (χ0) is 21.8. The highest BCUT2D eigenvalue weighted by Gasteiger charge is 2.34. The summed E-state index contributed by atoms with van der Waals surface area (Å²) in [6.45, 7) is 3.98. The largest absolute Gasteiger partial charge is 0.416 e. The van der Waals surface area contributed by atoms with E-state index in [0.717, 1.165) is 35.1 Å². The first-order valence-corrected chi connectivity index (χ1v) is 10.6. The first kappa shape index (κ1) is 20.0. The van der Waals surface area contributed by atoms with Crippen LogP contribution in [0.25, 0.3) is 16.6 Å². The SMILES string of the molecule is Cc1cn(-c2cccc(N3CC(C(=O)NCC4CC4)C3)c2)c2ccc(C(F)(F)F)cc12. The number of anilines is 1. The van der Waals surface area contributed by atoms with E-state index >= 15 is 0 Å². The molecule has 2 heterocycles. The van der Waals surface area contributed by atoms with Crippen LogP contribution in [0.3, 0.4) is 0 Å². The highest BCUT2D eigenvalue weighted by atomic mass is 19.4. The molecule has 3 aromatic rings. The number of fused-ring (bicyclic) bond motifs is 1. The van der Waals surface area contributed by atoms with Gasteiger partial charge in [-0.1, -0.05) is 6.07 Å². The fourth-order valence-electron chi connectivity index (χ4n) is 4.19. The first-order valence-electron chi connectivity index (χ1n) is 10.6. The molecule has 2 fully saturated rings. The van der Waals surface area contributed by atoms with E-state index in [0.29, 0.717) is 24.4 Å². The molecular formula is C24H24F3N3O. The lowest BCUT2D eigenvalue weighted by molar-refractivity contribution is -0.137. The highest BCUT2D eigenvalue weighted by Crippen LogP contribution is 2.35. The van der Waals surface area contributed by atoms with Crippen LogP contribution in [0.4, 0.5) is 18.9 Å². The van der Waals surface area contributed by atoms with E-state index in [9.17, 15) is 18.0 Å². The minimum absolute atomic E-state index is 0.0119. The summed E-state index contributed by atoms with van der Waals surface area (Å²) in [5.41, 5.74) is 2.79. The van der Waals surface area contributed by atoms with Crippen LogP contribution in [-0.4, -0.2) is 30.1 Å². The van der Waals surface area contributed by atoms with Crippen molar-refractivity contribution in [1.82, 2.24) is 9.88 Å². The maximum atomic E-state index is 13.1. The van der Waals surface area contributed by atoms with Gasteiger partial charge in [0.15, 0.2) is 0 Å². The second kappa shape index (κ2) is 7.32. The number of amides is 1. The molecule has 7 heteroatoms. The Balaban J connectivity index is 1.35. The average Bonchev–Trinajstić information content (AvgIpc) is 3.47. The van der Waals surface area contributed by atoms with Gasteiger partial charge in [0.05, 0.1) is 17.0 Å². The van der Waals surface area contributed by atoms with Crippen LogP contribution in [-0.2, 0) is 11.0 Å². The second-order valence-electron chi connectivity index (χ2n) is 8.72. The molecule has 1 saturated carbocycles. The van der Waals surface area contributed by atoms with E-state index in [1.165, 1.54) is 25.0 Å². The number of carbonyl (C=O) groups is 1. The Kier molecular flexibility index (Phi) is 4.72. The Morgan fingerprint density at radius 2 is 1.84 bits per heavy atom. The molecule has 0 spiro atoms. The second-order valence-corrected chi connectivity index (χ2v) is 8.72. The van der Waals surface area contributed by atoms with Gasteiger partial charge in [0.1, 0.15) is 0 Å². The molecule has 5 rings (SSSR count). The third-order valence-corrected chi connectivity index (χ3v) is 6.32. The van der Waals surface area contributed by atoms with E-state index in [1.54, 1.807) is 0 Å². The number of carbonyl (C=O) groups excluding carboxylic acids is 1. The molecule has 1 aromatic heterocycles. The predicted octanol–water partition coefficient (Wildman–Crippen LogP) is 4.92. The van der Waals surface area contributed by atoms with Crippen molar-refractivity contribution in [3.63, 3.8) is 0 Å². The quantitative estimate of drug-likeness (QED) is 0.628. The molecule has 1 amide bonds. The number of hydrogen-bond donors (Lipinski definition) is 1. The van der Waals surface area contributed by atoms with Crippen molar-refractivity contribution in [2.24, 2.45) is 11.8 Å². The third-order valence-electron chi connectivity index (χ3n) is 6.32. The van der Waals surface area contributed by atoms with Gasteiger partial charge in [0.25, 0.3) is 0 Å². The average molecular weight is 427 g/mol. The molecule has 4 nitrogen and oxygen atoms in total. The molecule has 31 heavy (non-hydrogen) atoms. The van der Waals surface area contributed by atoms with Gasteiger partial charge in [0, 0.05) is 42.6 Å². The summed E-state index contributed by atoms with van der Waals surface area (Å²) in [6, 6.07) is 11.8. The molecule has 2 aliphatic rings. The summed E-state index contributed by atoms with van der Waals surface area (Å²) < 4.78 is 41.2. The van der Waals surface area contributed by atoms with Crippen molar-refractivity contribution in [1.29, 1.82) is 0 Å². The van der Waals surface area contributed by atoms with E-state index in [1.807, 2.05) is 42.0 Å². The summed E-state index contributed by atoms with van der Waals surface area (Å²) in [6.07, 6.45) is -0.0559. The Labute approximate surface area is 178 Å². The number of halogens is 3. The van der Waals surface area contributed by atoms with Crippen LogP contribution in [0.5, 0.6) is 0 Å². The fraction of sp³-hybridized carbons (Fsp3) is 0.375. The zero-order valence-corrected chi connectivity index (χ0v) is 17.2. The van der Waals surface area contributed by atoms with Gasteiger partial charge < -0.3 is 14.8 Å². The molecule has 1 aliphatic heterocycles. The van der Waals surface area contributed by atoms with Gasteiger partial charge >= 0.3 is 6.18 Å². The monoisotopic (exact) mass is 427 g/mol. The molecule has 0 atom stereocenters. The van der Waals surface area contributed by atoms with Gasteiger partial charge in [-0.05, 0) is 67.6 Å². The standard InChI is InChI=1S/C24H24F3N3O/c1-15-12-30(22-8-7-18(9-21(15)22)24(25,26)27)20-4-2-3-19(10-20)29-13-17(14-29)23(31)28-11-16-5-6-16/h2-4,7-10,12,16-17H,5-6,11,13-14H2,1H3,(H,28,31). The molecule has 1 N–H and O–H groups in total. The van der Waals surface area contributed by atoms with E-state index in [4.69, 9.17) is 0 Å². The minimum atomic E-state index is -4.36. The molecular weight excluding hydrogens is 403 g/mol. The maximum absolute atomic E-state index is 13.1. The molecule has 2 aromatic carbocycles. The smallest absolute Gasteiger partial charge is 0.370 e. The van der Waals surface area contributed by atoms with Crippen molar-refractivity contribution >= 4 is 22.5 Å². The Morgan fingerprint density at radius 3 is 2.55 bits per heavy atom. The molecule has 0 bridgehead atoms. The first-order chi connectivity index (χ1) is 14.8. The number of aryl methyl sites for hydroxylation is 1. The molecule has 1 aliphatic carbocycles. The van der Waals surface area contributed by atoms with Crippen molar-refractivity contribution in [3.05, 3.63) is 59.8 Å². The van der Waals surface area contributed by atoms with Crippen molar-refractivity contribution in [2.75, 3.05) is 24.5 Å². The van der Waals surface area contributed by atoms with Gasteiger partial charge in [-0.3, -0.25) is 4.79 Å². The van der Waals surface area contributed by atoms with Crippen molar-refractivity contribution in [2.45, 2.75) is 25.9 Å². The van der Waals surface area contributed by atoms with Crippen LogP contribution < -0.4 is 10.2 Å². The van der Waals surface area contributed by atoms with Crippen molar-refractivity contribution < 1.29 is 18.0 Å². The number of nitrogens with one attached hydrogen (secondary N) is 1. The third kappa shape index (κ3) is 3.89. The molecule has 0 radical (unpaired) electrons. The van der Waals surface area contributed by atoms with Gasteiger partial charge in [-0.15, -0.1) is 0 Å². The van der Waals surface area contributed by atoms with Gasteiger partial charge in [0.2, 0.25) is 5.91 Å². The normalized spacial score (nSPS) is 17.1. The Hall–Kier alpha value is -2.96. The van der Waals surface area contributed by atoms with Crippen LogP contribution in [0.15, 0.2) is 48.7 Å². The summed E-state index contributed by atoms with van der Waals surface area (Å²) in [7, 11) is 0. The summed E-state index contributed by atoms with van der Waals surface area (Å²) in [5.74, 6) is 0.813. The number of benzene rings is 2. The van der Waals surface area contributed by atoms with Crippen LogP contribution in [0.1, 0.15) is 24.0 Å². The lowest BCUT2D eigenvalue weighted by atomic mass is 9.98. The van der Waals surface area contributed by atoms with Crippen LogP contribution >= 0.6 is 0 Å². The molecule has 1 saturated heterocycles. The van der Waals surface area contributed by atoms with E-state index < -0.39 is 11.7 Å². The van der Waals surface area contributed by atoms with Gasteiger partial charge in [-0.2, -0.15) is 13.2 Å². The van der Waals surface area contributed by atoms with Crippen LogP contribution in [0, 0.1) is 18.8 Å². The lowest BCUT2D eigenvalue weighted by Gasteiger charge is -2.40. The van der Waals surface area contributed by atoms with E-state index in [-0.39, 0.29) is 11.8 Å². The number of nitrogens with zero attached hydrogens (tertiary/aromatic N) is 2. The molecule has 162 valence electrons. The highest BCUT2D eigenvalue weighted by molar-refractivity contribution is 5.86. The number of rotatable bonds is 5. The Morgan fingerprint density at radius 1 is 1.10 bits per heavy atom. The van der Waals surface area contributed by atoms with Gasteiger partial charge in [-0.25, -0.2) is 0 Å².